The van der Waals surface area contributed by atoms with Crippen LogP contribution in [0.15, 0.2) is 40.1 Å². The van der Waals surface area contributed by atoms with Crippen LogP contribution in [0.4, 0.5) is 0 Å². The number of nitrogens with zero attached hydrogens (tertiary/aromatic N) is 1. The van der Waals surface area contributed by atoms with Crippen molar-refractivity contribution in [3.63, 3.8) is 0 Å². The standard InChI is InChI=1S/C36H56N2/c1-23-13-16-32(7)17-18-33(8)26(28(32)24(23)2)11-12-27-34(33,9)19-20-36(37)31(5,6)29-25(21-35(27,36)10)14-15-30(3,4)22-38-29/h11,14-15,22-24,27-28H,12-13,16-21,37H2,1-10H3/t23-,24?,27+,28?,32-,33-,34-,35-,36-/m1/s1. The molecule has 2 unspecified atom stereocenters. The minimum Gasteiger partial charge on any atom is -0.324 e. The number of allylic oxidation sites excluding steroid dienone is 5. The van der Waals surface area contributed by atoms with Crippen molar-refractivity contribution in [3.8, 4) is 0 Å². The van der Waals surface area contributed by atoms with Crippen LogP contribution in [0.5, 0.6) is 0 Å². The fourth-order valence-electron chi connectivity index (χ4n) is 11.6. The van der Waals surface area contributed by atoms with Crippen LogP contribution in [0, 0.1) is 56.2 Å². The Balaban J connectivity index is 1.48. The average Bonchev–Trinajstić information content (AvgIpc) is 2.98. The zero-order chi connectivity index (χ0) is 27.7. The summed E-state index contributed by atoms with van der Waals surface area (Å²) in [5.74, 6) is 2.95. The van der Waals surface area contributed by atoms with Gasteiger partial charge in [-0.05, 0) is 102 Å². The third-order valence-electron chi connectivity index (χ3n) is 14.8. The molecule has 2 heteroatoms. The van der Waals surface area contributed by atoms with E-state index in [9.17, 15) is 0 Å². The lowest BCUT2D eigenvalue weighted by Gasteiger charge is -2.73. The third-order valence-corrected chi connectivity index (χ3v) is 14.8. The second-order valence-corrected chi connectivity index (χ2v) is 17.2. The van der Waals surface area contributed by atoms with Crippen LogP contribution < -0.4 is 5.73 Å². The van der Waals surface area contributed by atoms with Gasteiger partial charge in [0.05, 0.1) is 5.70 Å². The highest BCUT2D eigenvalue weighted by molar-refractivity contribution is 5.71. The molecule has 1 heterocycles. The topological polar surface area (TPSA) is 38.4 Å². The lowest BCUT2D eigenvalue weighted by Crippen LogP contribution is -2.74. The molecule has 3 fully saturated rings. The zero-order valence-corrected chi connectivity index (χ0v) is 26.3. The molecule has 6 rings (SSSR count). The van der Waals surface area contributed by atoms with Crippen molar-refractivity contribution in [3.05, 3.63) is 35.1 Å². The minimum absolute atomic E-state index is 0.0195. The first-order valence-corrected chi connectivity index (χ1v) is 15.9. The highest BCUT2D eigenvalue weighted by Crippen LogP contribution is 2.76. The molecule has 2 N–H and O–H groups in total. The minimum atomic E-state index is -0.264. The van der Waals surface area contributed by atoms with E-state index in [1.165, 1.54) is 49.8 Å². The summed E-state index contributed by atoms with van der Waals surface area (Å²) in [4.78, 5) is 5.19. The maximum Gasteiger partial charge on any atom is 0.0506 e. The molecule has 5 aliphatic carbocycles. The maximum atomic E-state index is 7.79. The van der Waals surface area contributed by atoms with Gasteiger partial charge in [-0.25, -0.2) is 0 Å². The molecule has 0 spiro atoms. The summed E-state index contributed by atoms with van der Waals surface area (Å²) in [6, 6.07) is 0. The first-order chi connectivity index (χ1) is 17.5. The Morgan fingerprint density at radius 3 is 2.29 bits per heavy atom. The molecule has 0 aromatic heterocycles. The molecule has 2 nitrogen and oxygen atoms in total. The molecule has 38 heavy (non-hydrogen) atoms. The van der Waals surface area contributed by atoms with Crippen LogP contribution in [0.3, 0.4) is 0 Å². The van der Waals surface area contributed by atoms with Gasteiger partial charge >= 0.3 is 0 Å². The molecular formula is C36H56N2. The van der Waals surface area contributed by atoms with Gasteiger partial charge in [-0.15, -0.1) is 0 Å². The SMILES string of the molecule is CC1C2C3=CC[C@@H]4[C@@]5(C)CC6=C(N=CC(C)(C)C=C6)C(C)(C)[C@]5(N)CC[C@@]4(C)[C@]3(C)CC[C@@]2(C)CC[C@H]1C. The monoisotopic (exact) mass is 516 g/mol. The molecule has 0 radical (unpaired) electrons. The fraction of sp³-hybridized carbons (Fsp3) is 0.806. The van der Waals surface area contributed by atoms with Gasteiger partial charge in [-0.2, -0.15) is 0 Å². The summed E-state index contributed by atoms with van der Waals surface area (Å²) in [6.45, 7) is 25.1. The van der Waals surface area contributed by atoms with Gasteiger partial charge in [0, 0.05) is 22.6 Å². The van der Waals surface area contributed by atoms with Gasteiger partial charge in [0.1, 0.15) is 0 Å². The van der Waals surface area contributed by atoms with Gasteiger partial charge in [-0.1, -0.05) is 93.0 Å². The summed E-state index contributed by atoms with van der Waals surface area (Å²) < 4.78 is 0. The van der Waals surface area contributed by atoms with Crippen molar-refractivity contribution >= 4 is 6.21 Å². The first kappa shape index (κ1) is 27.0. The third kappa shape index (κ3) is 3.08. The molecule has 9 atom stereocenters. The lowest BCUT2D eigenvalue weighted by molar-refractivity contribution is -0.175. The van der Waals surface area contributed by atoms with Crippen LogP contribution in [0.25, 0.3) is 0 Å². The number of rotatable bonds is 0. The van der Waals surface area contributed by atoms with E-state index < -0.39 is 0 Å². The molecule has 0 amide bonds. The van der Waals surface area contributed by atoms with E-state index in [1.807, 2.05) is 5.57 Å². The highest BCUT2D eigenvalue weighted by Gasteiger charge is 2.72. The van der Waals surface area contributed by atoms with E-state index in [0.29, 0.717) is 11.3 Å². The second-order valence-electron chi connectivity index (χ2n) is 17.2. The van der Waals surface area contributed by atoms with Crippen molar-refractivity contribution in [1.29, 1.82) is 0 Å². The van der Waals surface area contributed by atoms with Crippen LogP contribution in [-0.4, -0.2) is 11.8 Å². The Morgan fingerprint density at radius 1 is 0.868 bits per heavy atom. The predicted octanol–water partition coefficient (Wildman–Crippen LogP) is 9.28. The number of hydrogen-bond acceptors (Lipinski definition) is 2. The Labute approximate surface area is 234 Å². The second kappa shape index (κ2) is 7.77. The Morgan fingerprint density at radius 2 is 1.58 bits per heavy atom. The van der Waals surface area contributed by atoms with E-state index >= 15 is 0 Å². The van der Waals surface area contributed by atoms with Crippen molar-refractivity contribution in [2.24, 2.45) is 66.9 Å². The van der Waals surface area contributed by atoms with Gasteiger partial charge in [0.15, 0.2) is 0 Å². The fourth-order valence-corrected chi connectivity index (χ4v) is 11.6. The van der Waals surface area contributed by atoms with Gasteiger partial charge in [0.2, 0.25) is 0 Å². The Kier molecular flexibility index (Phi) is 5.53. The summed E-state index contributed by atoms with van der Waals surface area (Å²) in [5, 5.41) is 0. The van der Waals surface area contributed by atoms with Crippen LogP contribution >= 0.6 is 0 Å². The van der Waals surface area contributed by atoms with Crippen molar-refractivity contribution in [2.75, 3.05) is 0 Å². The van der Waals surface area contributed by atoms with E-state index in [2.05, 4.69) is 93.7 Å². The summed E-state index contributed by atoms with van der Waals surface area (Å²) >= 11 is 0. The van der Waals surface area contributed by atoms with Gasteiger partial charge in [-0.3, -0.25) is 4.99 Å². The summed E-state index contributed by atoms with van der Waals surface area (Å²) in [6.07, 6.45) is 19.9. The molecule has 0 aromatic carbocycles. The number of hydrogen-bond donors (Lipinski definition) is 1. The largest absolute Gasteiger partial charge is 0.324 e. The highest BCUT2D eigenvalue weighted by atomic mass is 14.9. The zero-order valence-electron chi connectivity index (χ0n) is 26.3. The van der Waals surface area contributed by atoms with Crippen molar-refractivity contribution in [1.82, 2.24) is 0 Å². The summed E-state index contributed by atoms with van der Waals surface area (Å²) in [7, 11) is 0. The number of fused-ring (bicyclic) bond motifs is 7. The molecule has 0 bridgehead atoms. The molecular weight excluding hydrogens is 460 g/mol. The van der Waals surface area contributed by atoms with Crippen LogP contribution in [0.2, 0.25) is 0 Å². The first-order valence-electron chi connectivity index (χ1n) is 15.9. The maximum absolute atomic E-state index is 7.79. The van der Waals surface area contributed by atoms with Crippen LogP contribution in [-0.2, 0) is 0 Å². The summed E-state index contributed by atoms with van der Waals surface area (Å²) in [5.41, 5.74) is 13.0. The molecule has 0 saturated heterocycles. The van der Waals surface area contributed by atoms with E-state index in [-0.39, 0.29) is 32.6 Å². The van der Waals surface area contributed by atoms with Crippen molar-refractivity contribution < 1.29 is 0 Å². The van der Waals surface area contributed by atoms with E-state index in [4.69, 9.17) is 10.7 Å². The number of aliphatic imine (C=N–C) groups is 1. The van der Waals surface area contributed by atoms with Gasteiger partial charge in [0.25, 0.3) is 0 Å². The molecule has 0 aromatic rings. The normalized spacial score (nSPS) is 52.6. The van der Waals surface area contributed by atoms with Crippen LogP contribution in [0.1, 0.15) is 121 Å². The molecule has 6 aliphatic rings. The molecule has 1 aliphatic heterocycles. The quantitative estimate of drug-likeness (QED) is 0.320. The molecule has 210 valence electrons. The number of nitrogens with two attached hydrogens (primary N) is 1. The van der Waals surface area contributed by atoms with Crippen molar-refractivity contribution in [2.45, 2.75) is 126 Å². The van der Waals surface area contributed by atoms with Gasteiger partial charge < -0.3 is 5.73 Å². The predicted molar refractivity (Wildman–Crippen MR) is 162 cm³/mol. The Bertz CT molecular complexity index is 1170. The smallest absolute Gasteiger partial charge is 0.0506 e. The molecule has 3 saturated carbocycles. The average molecular weight is 517 g/mol. The Hall–Kier alpha value is -1.15. The van der Waals surface area contributed by atoms with E-state index in [0.717, 1.165) is 30.6 Å². The lowest BCUT2D eigenvalue weighted by atomic mass is 9.32. The van der Waals surface area contributed by atoms with E-state index in [1.54, 1.807) is 0 Å².